The van der Waals surface area contributed by atoms with E-state index in [4.69, 9.17) is 10.5 Å². The normalized spacial score (nSPS) is 27.2. The number of likely N-dealkylation sites (tertiary alicyclic amines) is 1. The van der Waals surface area contributed by atoms with Gasteiger partial charge in [-0.15, -0.1) is 0 Å². The Morgan fingerprint density at radius 3 is 2.75 bits per heavy atom. The molecule has 1 fully saturated rings. The number of nitriles is 2. The van der Waals surface area contributed by atoms with Crippen molar-refractivity contribution in [3.63, 3.8) is 0 Å². The van der Waals surface area contributed by atoms with Crippen LogP contribution in [0.15, 0.2) is 0 Å². The van der Waals surface area contributed by atoms with Crippen molar-refractivity contribution in [1.82, 2.24) is 4.90 Å². The summed E-state index contributed by atoms with van der Waals surface area (Å²) in [6, 6.07) is 5.10. The van der Waals surface area contributed by atoms with Gasteiger partial charge in [0.15, 0.2) is 0 Å². The lowest BCUT2D eigenvalue weighted by Crippen LogP contribution is -2.33. The molecule has 1 heterocycles. The van der Waals surface area contributed by atoms with Crippen LogP contribution in [-0.4, -0.2) is 24.0 Å². The Morgan fingerprint density at radius 2 is 2.19 bits per heavy atom. The van der Waals surface area contributed by atoms with E-state index < -0.39 is 0 Å². The van der Waals surface area contributed by atoms with Gasteiger partial charge in [0, 0.05) is 25.6 Å². The predicted octanol–water partition coefficient (Wildman–Crippen LogP) is 2.55. The van der Waals surface area contributed by atoms with Gasteiger partial charge in [-0.25, -0.2) is 0 Å². The zero-order valence-electron chi connectivity index (χ0n) is 10.3. The molecule has 16 heavy (non-hydrogen) atoms. The molecule has 1 aliphatic rings. The molecule has 0 aromatic rings. The van der Waals surface area contributed by atoms with Crippen LogP contribution in [0.25, 0.3) is 0 Å². The van der Waals surface area contributed by atoms with Gasteiger partial charge in [-0.2, -0.15) is 10.5 Å². The minimum absolute atomic E-state index is 0.0269. The molecule has 0 aromatic heterocycles. The third-order valence-corrected chi connectivity index (χ3v) is 3.45. The van der Waals surface area contributed by atoms with E-state index in [1.807, 2.05) is 0 Å². The highest BCUT2D eigenvalue weighted by Crippen LogP contribution is 2.26. The van der Waals surface area contributed by atoms with Crippen molar-refractivity contribution in [2.24, 2.45) is 11.8 Å². The fraction of sp³-hybridized carbons (Fsp3) is 0.846. The van der Waals surface area contributed by atoms with Gasteiger partial charge in [0.1, 0.15) is 0 Å². The van der Waals surface area contributed by atoms with E-state index in [1.54, 1.807) is 0 Å². The predicted molar refractivity (Wildman–Crippen MR) is 63.4 cm³/mol. The van der Waals surface area contributed by atoms with Crippen molar-refractivity contribution in [3.05, 3.63) is 0 Å². The average molecular weight is 219 g/mol. The highest BCUT2D eigenvalue weighted by atomic mass is 15.2. The van der Waals surface area contributed by atoms with E-state index in [-0.39, 0.29) is 5.92 Å². The molecule has 1 rings (SSSR count). The Labute approximate surface area is 98.7 Å². The Hall–Kier alpha value is -1.06. The number of hydrogen-bond acceptors (Lipinski definition) is 3. The van der Waals surface area contributed by atoms with E-state index in [0.717, 1.165) is 19.0 Å². The molecule has 1 aliphatic heterocycles. The van der Waals surface area contributed by atoms with E-state index in [0.29, 0.717) is 18.9 Å². The van der Waals surface area contributed by atoms with Gasteiger partial charge < -0.3 is 0 Å². The molecule has 0 aliphatic carbocycles. The summed E-state index contributed by atoms with van der Waals surface area (Å²) in [5.74, 6) is 0.777. The largest absolute Gasteiger partial charge is 0.299 e. The van der Waals surface area contributed by atoms with Crippen molar-refractivity contribution >= 4 is 0 Å². The standard InChI is InChI=1S/C13H21N3/c1-3-13-7-11(2)9-16(13)10-12(8-15)5-4-6-14/h11-13H,3-5,7,9-10H2,1-2H3/t11-,12+,13-/m1/s1. The average Bonchev–Trinajstić information content (AvgIpc) is 2.64. The summed E-state index contributed by atoms with van der Waals surface area (Å²) in [6.45, 7) is 6.45. The van der Waals surface area contributed by atoms with E-state index in [1.165, 1.54) is 12.8 Å². The van der Waals surface area contributed by atoms with Gasteiger partial charge >= 0.3 is 0 Å². The molecule has 3 atom stereocenters. The first kappa shape index (κ1) is 13.0. The van der Waals surface area contributed by atoms with Gasteiger partial charge in [-0.3, -0.25) is 4.90 Å². The summed E-state index contributed by atoms with van der Waals surface area (Å²) >= 11 is 0. The number of hydrogen-bond donors (Lipinski definition) is 0. The van der Waals surface area contributed by atoms with Crippen LogP contribution in [0.4, 0.5) is 0 Å². The minimum atomic E-state index is 0.0269. The topological polar surface area (TPSA) is 50.8 Å². The first-order chi connectivity index (χ1) is 7.71. The molecule has 1 saturated heterocycles. The maximum absolute atomic E-state index is 9.05. The molecule has 0 saturated carbocycles. The second-order valence-electron chi connectivity index (χ2n) is 4.88. The summed E-state index contributed by atoms with van der Waals surface area (Å²) in [4.78, 5) is 2.44. The molecular weight excluding hydrogens is 198 g/mol. The monoisotopic (exact) mass is 219 g/mol. The van der Waals surface area contributed by atoms with Crippen LogP contribution in [0.1, 0.15) is 39.5 Å². The molecule has 0 N–H and O–H groups in total. The minimum Gasteiger partial charge on any atom is -0.299 e. The third kappa shape index (κ3) is 3.51. The molecule has 0 radical (unpaired) electrons. The molecule has 0 aromatic carbocycles. The summed E-state index contributed by atoms with van der Waals surface area (Å²) in [5.41, 5.74) is 0. The Morgan fingerprint density at radius 1 is 1.44 bits per heavy atom. The summed E-state index contributed by atoms with van der Waals surface area (Å²) in [6.07, 6.45) is 3.64. The lowest BCUT2D eigenvalue weighted by molar-refractivity contribution is 0.221. The van der Waals surface area contributed by atoms with Crippen molar-refractivity contribution in [2.75, 3.05) is 13.1 Å². The van der Waals surface area contributed by atoms with Crippen molar-refractivity contribution in [3.8, 4) is 12.1 Å². The molecule has 3 heteroatoms. The van der Waals surface area contributed by atoms with Gasteiger partial charge in [0.05, 0.1) is 18.1 Å². The first-order valence-corrected chi connectivity index (χ1v) is 6.21. The lowest BCUT2D eigenvalue weighted by atomic mass is 10.0. The Kier molecular flexibility index (Phi) is 5.29. The molecule has 0 amide bonds. The smallest absolute Gasteiger partial charge is 0.0669 e. The molecular formula is C13H21N3. The van der Waals surface area contributed by atoms with Crippen molar-refractivity contribution in [2.45, 2.75) is 45.6 Å². The third-order valence-electron chi connectivity index (χ3n) is 3.45. The molecule has 0 bridgehead atoms. The van der Waals surface area contributed by atoms with Crippen molar-refractivity contribution in [1.29, 1.82) is 10.5 Å². The zero-order chi connectivity index (χ0) is 12.0. The quantitative estimate of drug-likeness (QED) is 0.714. The van der Waals surface area contributed by atoms with Gasteiger partial charge in [0.25, 0.3) is 0 Å². The fourth-order valence-electron chi connectivity index (χ4n) is 2.60. The summed E-state index contributed by atoms with van der Waals surface area (Å²) in [5, 5.41) is 17.6. The maximum Gasteiger partial charge on any atom is 0.0669 e. The van der Waals surface area contributed by atoms with Gasteiger partial charge in [-0.05, 0) is 25.2 Å². The number of nitrogens with zero attached hydrogens (tertiary/aromatic N) is 3. The summed E-state index contributed by atoms with van der Waals surface area (Å²) < 4.78 is 0. The lowest BCUT2D eigenvalue weighted by Gasteiger charge is -2.25. The van der Waals surface area contributed by atoms with E-state index in [9.17, 15) is 0 Å². The Balaban J connectivity index is 2.45. The second-order valence-corrected chi connectivity index (χ2v) is 4.88. The van der Waals surface area contributed by atoms with Crippen LogP contribution in [-0.2, 0) is 0 Å². The van der Waals surface area contributed by atoms with Crippen LogP contribution in [0.2, 0.25) is 0 Å². The molecule has 3 nitrogen and oxygen atoms in total. The van der Waals surface area contributed by atoms with Crippen LogP contribution in [0.5, 0.6) is 0 Å². The maximum atomic E-state index is 9.05. The number of rotatable bonds is 5. The SMILES string of the molecule is CC[C@@H]1C[C@@H](C)CN1C[C@H](C#N)CCC#N. The first-order valence-electron chi connectivity index (χ1n) is 6.21. The van der Waals surface area contributed by atoms with Gasteiger partial charge in [0.2, 0.25) is 0 Å². The van der Waals surface area contributed by atoms with Gasteiger partial charge in [-0.1, -0.05) is 13.8 Å². The highest BCUT2D eigenvalue weighted by Gasteiger charge is 2.29. The molecule has 88 valence electrons. The van der Waals surface area contributed by atoms with Crippen LogP contribution in [0.3, 0.4) is 0 Å². The molecule has 0 spiro atoms. The fourth-order valence-corrected chi connectivity index (χ4v) is 2.60. The van der Waals surface area contributed by atoms with Crippen LogP contribution >= 0.6 is 0 Å². The van der Waals surface area contributed by atoms with Crippen LogP contribution < -0.4 is 0 Å². The van der Waals surface area contributed by atoms with Crippen molar-refractivity contribution < 1.29 is 0 Å². The van der Waals surface area contributed by atoms with E-state index in [2.05, 4.69) is 30.9 Å². The van der Waals surface area contributed by atoms with Crippen LogP contribution in [0, 0.1) is 34.5 Å². The summed E-state index contributed by atoms with van der Waals surface area (Å²) in [7, 11) is 0. The Bertz CT molecular complexity index is 287. The van der Waals surface area contributed by atoms with E-state index >= 15 is 0 Å². The zero-order valence-corrected chi connectivity index (χ0v) is 10.3. The molecule has 0 unspecified atom stereocenters. The highest BCUT2D eigenvalue weighted by molar-refractivity contribution is 4.91. The second kappa shape index (κ2) is 6.51.